The molecule has 8 nitrogen and oxygen atoms in total. The Morgan fingerprint density at radius 1 is 0.955 bits per heavy atom. The Morgan fingerprint density at radius 2 is 1.64 bits per heavy atom. The average Bonchev–Trinajstić information content (AvgIpc) is 2.81. The first kappa shape index (κ1) is 14.2. The van der Waals surface area contributed by atoms with Crippen LogP contribution in [0.2, 0.25) is 0 Å². The van der Waals surface area contributed by atoms with Crippen molar-refractivity contribution in [2.75, 3.05) is 36.0 Å². The zero-order valence-corrected chi connectivity index (χ0v) is 12.0. The maximum Gasteiger partial charge on any atom is 0.311 e. The number of nitro groups is 1. The highest BCUT2D eigenvalue weighted by Gasteiger charge is 2.23. The third kappa shape index (κ3) is 2.95. The lowest BCUT2D eigenvalue weighted by atomic mass is 10.3. The molecule has 114 valence electrons. The van der Waals surface area contributed by atoms with Crippen molar-refractivity contribution in [1.82, 2.24) is 15.0 Å². The third-order valence-electron chi connectivity index (χ3n) is 3.59. The molecule has 1 aliphatic heterocycles. The maximum atomic E-state index is 11.1. The zero-order chi connectivity index (χ0) is 15.4. The molecule has 1 saturated heterocycles. The minimum absolute atomic E-state index is 0.0481. The topological polar surface area (TPSA) is 88.3 Å². The van der Waals surface area contributed by atoms with Crippen LogP contribution in [-0.2, 0) is 0 Å². The van der Waals surface area contributed by atoms with Gasteiger partial charge in [-0.2, -0.15) is 0 Å². The summed E-state index contributed by atoms with van der Waals surface area (Å²) in [6.45, 7) is 2.90. The molecule has 0 atom stereocenters. The highest BCUT2D eigenvalue weighted by Crippen LogP contribution is 2.26. The van der Waals surface area contributed by atoms with Gasteiger partial charge in [0.25, 0.3) is 0 Å². The van der Waals surface area contributed by atoms with Crippen molar-refractivity contribution >= 4 is 17.5 Å². The lowest BCUT2D eigenvalue weighted by Crippen LogP contribution is -2.32. The Bertz CT molecular complexity index is 651. The SMILES string of the molecule is O=[N+]([O-])c1cccnc1N1CCCN(c2ncccn2)CC1. The van der Waals surface area contributed by atoms with Gasteiger partial charge < -0.3 is 9.80 Å². The van der Waals surface area contributed by atoms with Crippen LogP contribution in [0.3, 0.4) is 0 Å². The van der Waals surface area contributed by atoms with Gasteiger partial charge in [-0.1, -0.05) is 0 Å². The molecule has 0 radical (unpaired) electrons. The lowest BCUT2D eigenvalue weighted by molar-refractivity contribution is -0.384. The Balaban J connectivity index is 1.77. The second kappa shape index (κ2) is 6.33. The van der Waals surface area contributed by atoms with Gasteiger partial charge in [-0.05, 0) is 18.6 Å². The van der Waals surface area contributed by atoms with E-state index in [1.807, 2.05) is 4.90 Å². The molecule has 1 fully saturated rings. The minimum atomic E-state index is -0.384. The van der Waals surface area contributed by atoms with Gasteiger partial charge in [0.05, 0.1) is 4.92 Å². The van der Waals surface area contributed by atoms with Gasteiger partial charge in [-0.3, -0.25) is 10.1 Å². The molecular formula is C14H16N6O2. The summed E-state index contributed by atoms with van der Waals surface area (Å²) in [5, 5.41) is 11.1. The number of hydrogen-bond donors (Lipinski definition) is 0. The van der Waals surface area contributed by atoms with Crippen LogP contribution in [0.15, 0.2) is 36.8 Å². The molecule has 0 unspecified atom stereocenters. The van der Waals surface area contributed by atoms with Crippen molar-refractivity contribution in [2.24, 2.45) is 0 Å². The van der Waals surface area contributed by atoms with E-state index in [9.17, 15) is 10.1 Å². The largest absolute Gasteiger partial charge is 0.349 e. The van der Waals surface area contributed by atoms with Crippen LogP contribution in [0, 0.1) is 10.1 Å². The lowest BCUT2D eigenvalue weighted by Gasteiger charge is -2.22. The highest BCUT2D eigenvalue weighted by atomic mass is 16.6. The van der Waals surface area contributed by atoms with Crippen molar-refractivity contribution in [3.63, 3.8) is 0 Å². The normalized spacial score (nSPS) is 15.5. The Kier molecular flexibility index (Phi) is 4.08. The van der Waals surface area contributed by atoms with Crippen LogP contribution in [0.25, 0.3) is 0 Å². The van der Waals surface area contributed by atoms with E-state index in [1.165, 1.54) is 6.07 Å². The van der Waals surface area contributed by atoms with Crippen molar-refractivity contribution < 1.29 is 4.92 Å². The van der Waals surface area contributed by atoms with Crippen molar-refractivity contribution in [2.45, 2.75) is 6.42 Å². The van der Waals surface area contributed by atoms with Gasteiger partial charge >= 0.3 is 5.69 Å². The predicted molar refractivity (Wildman–Crippen MR) is 82.0 cm³/mol. The van der Waals surface area contributed by atoms with E-state index in [4.69, 9.17) is 0 Å². The van der Waals surface area contributed by atoms with Gasteiger partial charge in [-0.15, -0.1) is 0 Å². The summed E-state index contributed by atoms with van der Waals surface area (Å²) in [6.07, 6.45) is 5.89. The summed E-state index contributed by atoms with van der Waals surface area (Å²) >= 11 is 0. The fraction of sp³-hybridized carbons (Fsp3) is 0.357. The monoisotopic (exact) mass is 300 g/mol. The molecule has 3 rings (SSSR count). The van der Waals surface area contributed by atoms with Gasteiger partial charge in [0.15, 0.2) is 0 Å². The van der Waals surface area contributed by atoms with Crippen LogP contribution in [0.1, 0.15) is 6.42 Å². The Labute approximate surface area is 127 Å². The first-order valence-electron chi connectivity index (χ1n) is 7.12. The molecule has 2 aromatic heterocycles. The van der Waals surface area contributed by atoms with Gasteiger partial charge in [0.1, 0.15) is 0 Å². The quantitative estimate of drug-likeness (QED) is 0.627. The van der Waals surface area contributed by atoms with E-state index in [-0.39, 0.29) is 10.6 Å². The average molecular weight is 300 g/mol. The van der Waals surface area contributed by atoms with Crippen molar-refractivity contribution in [1.29, 1.82) is 0 Å². The fourth-order valence-electron chi connectivity index (χ4n) is 2.56. The van der Waals surface area contributed by atoms with Crippen LogP contribution in [-0.4, -0.2) is 46.1 Å². The maximum absolute atomic E-state index is 11.1. The summed E-state index contributed by atoms with van der Waals surface area (Å²) in [5.41, 5.74) is 0.0481. The van der Waals surface area contributed by atoms with Crippen molar-refractivity contribution in [3.05, 3.63) is 46.9 Å². The van der Waals surface area contributed by atoms with Gasteiger partial charge in [-0.25, -0.2) is 15.0 Å². The van der Waals surface area contributed by atoms with E-state index >= 15 is 0 Å². The fourth-order valence-corrected chi connectivity index (χ4v) is 2.56. The van der Waals surface area contributed by atoms with E-state index in [2.05, 4.69) is 19.9 Å². The molecule has 8 heteroatoms. The molecule has 3 heterocycles. The molecule has 0 saturated carbocycles. The molecule has 0 spiro atoms. The molecular weight excluding hydrogens is 284 g/mol. The second-order valence-corrected chi connectivity index (χ2v) is 4.98. The van der Waals surface area contributed by atoms with Gasteiger partial charge in [0.2, 0.25) is 11.8 Å². The molecule has 1 aliphatic rings. The minimum Gasteiger partial charge on any atom is -0.349 e. The summed E-state index contributed by atoms with van der Waals surface area (Å²) in [6, 6.07) is 4.86. The zero-order valence-electron chi connectivity index (χ0n) is 12.0. The first-order valence-corrected chi connectivity index (χ1v) is 7.12. The van der Waals surface area contributed by atoms with Crippen LogP contribution in [0.4, 0.5) is 17.5 Å². The van der Waals surface area contributed by atoms with Crippen molar-refractivity contribution in [3.8, 4) is 0 Å². The molecule has 0 N–H and O–H groups in total. The van der Waals surface area contributed by atoms with E-state index < -0.39 is 0 Å². The standard InChI is InChI=1S/C14H16N6O2/c21-20(22)12-4-1-5-15-13(12)18-8-3-9-19(11-10-18)14-16-6-2-7-17-14/h1-2,4-7H,3,8-11H2. The first-order chi connectivity index (χ1) is 10.8. The molecule has 0 aromatic carbocycles. The number of rotatable bonds is 3. The van der Waals surface area contributed by atoms with Gasteiger partial charge in [0, 0.05) is 50.8 Å². The molecule has 0 aliphatic carbocycles. The van der Waals surface area contributed by atoms with E-state index in [0.717, 1.165) is 19.5 Å². The third-order valence-corrected chi connectivity index (χ3v) is 3.59. The summed E-state index contributed by atoms with van der Waals surface area (Å²) in [7, 11) is 0. The Hall–Kier alpha value is -2.77. The number of aromatic nitrogens is 3. The molecule has 2 aromatic rings. The predicted octanol–water partition coefficient (Wildman–Crippen LogP) is 1.50. The molecule has 22 heavy (non-hydrogen) atoms. The van der Waals surface area contributed by atoms with E-state index in [0.29, 0.717) is 24.9 Å². The molecule has 0 bridgehead atoms. The Morgan fingerprint density at radius 3 is 2.41 bits per heavy atom. The smallest absolute Gasteiger partial charge is 0.311 e. The second-order valence-electron chi connectivity index (χ2n) is 4.98. The molecule has 0 amide bonds. The number of anilines is 2. The van der Waals surface area contributed by atoms with Crippen LogP contribution >= 0.6 is 0 Å². The number of nitrogens with zero attached hydrogens (tertiary/aromatic N) is 6. The number of pyridine rings is 1. The summed E-state index contributed by atoms with van der Waals surface area (Å²) in [5.74, 6) is 1.13. The number of hydrogen-bond acceptors (Lipinski definition) is 7. The summed E-state index contributed by atoms with van der Waals surface area (Å²) < 4.78 is 0. The van der Waals surface area contributed by atoms with E-state index in [1.54, 1.807) is 30.7 Å². The van der Waals surface area contributed by atoms with Crippen LogP contribution in [0.5, 0.6) is 0 Å². The summed E-state index contributed by atoms with van der Waals surface area (Å²) in [4.78, 5) is 27.5. The highest BCUT2D eigenvalue weighted by molar-refractivity contribution is 5.57. The van der Waals surface area contributed by atoms with Crippen LogP contribution < -0.4 is 9.80 Å².